The maximum Gasteiger partial charge on any atom is 0.295 e. The van der Waals surface area contributed by atoms with Gasteiger partial charge in [-0.1, -0.05) is 13.8 Å². The highest BCUT2D eigenvalue weighted by atomic mass is 16.2. The van der Waals surface area contributed by atoms with Crippen LogP contribution in [-0.2, 0) is 4.79 Å². The largest absolute Gasteiger partial charge is 0.367 e. The molecule has 0 aromatic carbocycles. The molecule has 88 valence electrons. The number of nitrogens with zero attached hydrogens (tertiary/aromatic N) is 1. The molecule has 1 amide bonds. The predicted octanol–water partition coefficient (Wildman–Crippen LogP) is 1.85. The van der Waals surface area contributed by atoms with Gasteiger partial charge >= 0.3 is 0 Å². The number of H-pyrrole nitrogens is 1. The first-order valence-electron chi connectivity index (χ1n) is 5.67. The van der Waals surface area contributed by atoms with Crippen molar-refractivity contribution in [1.82, 2.24) is 9.88 Å². The van der Waals surface area contributed by atoms with Crippen LogP contribution in [-0.4, -0.2) is 34.7 Å². The van der Waals surface area contributed by atoms with Crippen molar-refractivity contribution >= 4 is 11.7 Å². The summed E-state index contributed by atoms with van der Waals surface area (Å²) in [5.74, 6) is -0.827. The molecule has 0 saturated carbocycles. The third kappa shape index (κ3) is 2.95. The van der Waals surface area contributed by atoms with Gasteiger partial charge in [-0.2, -0.15) is 0 Å². The topological polar surface area (TPSA) is 53.2 Å². The van der Waals surface area contributed by atoms with Crippen LogP contribution in [0, 0.1) is 0 Å². The molecule has 0 atom stereocenters. The van der Waals surface area contributed by atoms with Gasteiger partial charge in [0.05, 0.1) is 0 Å². The first kappa shape index (κ1) is 12.5. The van der Waals surface area contributed by atoms with E-state index in [1.54, 1.807) is 23.4 Å². The molecule has 4 nitrogen and oxygen atoms in total. The van der Waals surface area contributed by atoms with Gasteiger partial charge in [0.15, 0.2) is 0 Å². The second-order valence-corrected chi connectivity index (χ2v) is 3.72. The predicted molar refractivity (Wildman–Crippen MR) is 62.3 cm³/mol. The zero-order valence-electron chi connectivity index (χ0n) is 9.82. The lowest BCUT2D eigenvalue weighted by atomic mass is 10.2. The molecule has 0 radical (unpaired) electrons. The van der Waals surface area contributed by atoms with Crippen LogP contribution >= 0.6 is 0 Å². The fourth-order valence-corrected chi connectivity index (χ4v) is 1.59. The molecule has 0 fully saturated rings. The highest BCUT2D eigenvalue weighted by Crippen LogP contribution is 2.04. The summed E-state index contributed by atoms with van der Waals surface area (Å²) in [5.41, 5.74) is 0.433. The normalized spacial score (nSPS) is 10.1. The second kappa shape index (κ2) is 6.10. The number of aromatic nitrogens is 1. The highest BCUT2D eigenvalue weighted by Gasteiger charge is 2.22. The molecule has 1 aromatic heterocycles. The quantitative estimate of drug-likeness (QED) is 0.590. The van der Waals surface area contributed by atoms with Crippen molar-refractivity contribution in [2.75, 3.05) is 13.1 Å². The first-order valence-corrected chi connectivity index (χ1v) is 5.67. The van der Waals surface area contributed by atoms with E-state index in [4.69, 9.17) is 0 Å². The van der Waals surface area contributed by atoms with Crippen molar-refractivity contribution in [3.8, 4) is 0 Å². The fourth-order valence-electron chi connectivity index (χ4n) is 1.59. The minimum Gasteiger partial charge on any atom is -0.367 e. The molecule has 4 heteroatoms. The molecule has 0 aliphatic rings. The van der Waals surface area contributed by atoms with E-state index in [0.29, 0.717) is 18.7 Å². The van der Waals surface area contributed by atoms with Gasteiger partial charge in [0.2, 0.25) is 0 Å². The zero-order valence-corrected chi connectivity index (χ0v) is 9.82. The summed E-state index contributed by atoms with van der Waals surface area (Å²) in [4.78, 5) is 28.1. The average molecular weight is 222 g/mol. The van der Waals surface area contributed by atoms with Gasteiger partial charge in [-0.15, -0.1) is 0 Å². The number of carbonyl (C=O) groups excluding carboxylic acids is 2. The van der Waals surface area contributed by atoms with Gasteiger partial charge < -0.3 is 9.88 Å². The van der Waals surface area contributed by atoms with Crippen LogP contribution in [0.4, 0.5) is 0 Å². The van der Waals surface area contributed by atoms with Gasteiger partial charge in [0, 0.05) is 31.0 Å². The maximum absolute atomic E-state index is 11.9. The fraction of sp³-hybridized carbons (Fsp3) is 0.500. The van der Waals surface area contributed by atoms with Crippen LogP contribution in [0.2, 0.25) is 0 Å². The number of nitrogens with one attached hydrogen (secondary N) is 1. The summed E-state index contributed by atoms with van der Waals surface area (Å²) in [6.45, 7) is 5.28. The van der Waals surface area contributed by atoms with E-state index in [1.807, 2.05) is 13.8 Å². The minimum atomic E-state index is -0.428. The lowest BCUT2D eigenvalue weighted by molar-refractivity contribution is -0.126. The van der Waals surface area contributed by atoms with E-state index in [9.17, 15) is 9.59 Å². The van der Waals surface area contributed by atoms with Crippen molar-refractivity contribution in [3.63, 3.8) is 0 Å². The third-order valence-corrected chi connectivity index (χ3v) is 2.33. The summed E-state index contributed by atoms with van der Waals surface area (Å²) in [6, 6.07) is 1.62. The Hall–Kier alpha value is -1.58. The Morgan fingerprint density at radius 1 is 1.25 bits per heavy atom. The highest BCUT2D eigenvalue weighted by molar-refractivity contribution is 6.42. The standard InChI is InChI=1S/C12H18N2O2/c1-3-7-14(8-4-2)12(16)11(15)10-5-6-13-9-10/h5-6,9,13H,3-4,7-8H2,1-2H3. The number of amides is 1. The van der Waals surface area contributed by atoms with Crippen molar-refractivity contribution in [3.05, 3.63) is 24.0 Å². The lowest BCUT2D eigenvalue weighted by Crippen LogP contribution is -2.37. The molecule has 1 heterocycles. The molecule has 0 saturated heterocycles. The molecule has 0 bridgehead atoms. The van der Waals surface area contributed by atoms with Crippen molar-refractivity contribution in [2.24, 2.45) is 0 Å². The number of ketones is 1. The molecule has 0 unspecified atom stereocenters. The summed E-state index contributed by atoms with van der Waals surface area (Å²) in [6.07, 6.45) is 4.93. The smallest absolute Gasteiger partial charge is 0.295 e. The van der Waals surface area contributed by atoms with E-state index < -0.39 is 11.7 Å². The molecule has 0 aliphatic heterocycles. The molecule has 0 spiro atoms. The summed E-state index contributed by atoms with van der Waals surface area (Å²) < 4.78 is 0. The Morgan fingerprint density at radius 3 is 2.31 bits per heavy atom. The molecule has 0 aliphatic carbocycles. The van der Waals surface area contributed by atoms with Crippen LogP contribution in [0.5, 0.6) is 0 Å². The lowest BCUT2D eigenvalue weighted by Gasteiger charge is -2.20. The first-order chi connectivity index (χ1) is 7.70. The third-order valence-electron chi connectivity index (χ3n) is 2.33. The van der Waals surface area contributed by atoms with Crippen LogP contribution in [0.1, 0.15) is 37.0 Å². The van der Waals surface area contributed by atoms with Crippen LogP contribution in [0.3, 0.4) is 0 Å². The van der Waals surface area contributed by atoms with E-state index in [2.05, 4.69) is 4.98 Å². The van der Waals surface area contributed by atoms with Crippen molar-refractivity contribution < 1.29 is 9.59 Å². The second-order valence-electron chi connectivity index (χ2n) is 3.72. The summed E-state index contributed by atoms with van der Waals surface area (Å²) in [7, 11) is 0. The number of aromatic amines is 1. The van der Waals surface area contributed by atoms with Crippen molar-refractivity contribution in [2.45, 2.75) is 26.7 Å². The minimum absolute atomic E-state index is 0.400. The Balaban J connectivity index is 2.70. The number of hydrogen-bond donors (Lipinski definition) is 1. The Morgan fingerprint density at radius 2 is 1.88 bits per heavy atom. The van der Waals surface area contributed by atoms with Gasteiger partial charge in [0.1, 0.15) is 0 Å². The molecular formula is C12H18N2O2. The van der Waals surface area contributed by atoms with Crippen LogP contribution in [0.15, 0.2) is 18.5 Å². The molecule has 1 rings (SSSR count). The van der Waals surface area contributed by atoms with E-state index in [1.165, 1.54) is 0 Å². The van der Waals surface area contributed by atoms with Gasteiger partial charge in [-0.3, -0.25) is 9.59 Å². The monoisotopic (exact) mass is 222 g/mol. The van der Waals surface area contributed by atoms with Gasteiger partial charge in [-0.05, 0) is 18.9 Å². The van der Waals surface area contributed by atoms with Gasteiger partial charge in [-0.25, -0.2) is 0 Å². The Labute approximate surface area is 95.6 Å². The number of carbonyl (C=O) groups is 2. The number of rotatable bonds is 6. The number of Topliss-reactive ketones (excluding diaryl/α,β-unsaturated/α-hetero) is 1. The summed E-state index contributed by atoms with van der Waals surface area (Å²) >= 11 is 0. The van der Waals surface area contributed by atoms with Crippen molar-refractivity contribution in [1.29, 1.82) is 0 Å². The zero-order chi connectivity index (χ0) is 12.0. The van der Waals surface area contributed by atoms with Crippen LogP contribution in [0.25, 0.3) is 0 Å². The SMILES string of the molecule is CCCN(CCC)C(=O)C(=O)c1cc[nH]c1. The van der Waals surface area contributed by atoms with Gasteiger partial charge in [0.25, 0.3) is 11.7 Å². The molecule has 1 N–H and O–H groups in total. The maximum atomic E-state index is 11.9. The molecule has 1 aromatic rings. The molecular weight excluding hydrogens is 204 g/mol. The Kier molecular flexibility index (Phi) is 4.76. The molecule has 16 heavy (non-hydrogen) atoms. The summed E-state index contributed by atoms with van der Waals surface area (Å²) in [5, 5.41) is 0. The average Bonchev–Trinajstić information content (AvgIpc) is 2.80. The Bertz CT molecular complexity index is 338. The van der Waals surface area contributed by atoms with E-state index in [-0.39, 0.29) is 0 Å². The van der Waals surface area contributed by atoms with Crippen LogP contribution < -0.4 is 0 Å². The van der Waals surface area contributed by atoms with E-state index >= 15 is 0 Å². The van der Waals surface area contributed by atoms with E-state index in [0.717, 1.165) is 12.8 Å². The number of hydrogen-bond acceptors (Lipinski definition) is 2.